The molecule has 0 fully saturated rings. The molecule has 18 heavy (non-hydrogen) atoms. The standard InChI is InChI=1S/C12H14N4OS/c1-9(12-13-8-14-16-12)15-11(17)7-18-10-5-3-2-4-6-10/h2-6,8-9H,7H2,1H3,(H,15,17)(H,13,14,16). The van der Waals surface area contributed by atoms with Gasteiger partial charge in [0.25, 0.3) is 0 Å². The summed E-state index contributed by atoms with van der Waals surface area (Å²) in [6.07, 6.45) is 1.43. The van der Waals surface area contributed by atoms with Crippen LogP contribution in [0.3, 0.4) is 0 Å². The summed E-state index contributed by atoms with van der Waals surface area (Å²) in [7, 11) is 0. The molecule has 0 radical (unpaired) electrons. The Hall–Kier alpha value is -1.82. The lowest BCUT2D eigenvalue weighted by atomic mass is 10.3. The molecule has 1 unspecified atom stereocenters. The average molecular weight is 262 g/mol. The highest BCUT2D eigenvalue weighted by Gasteiger charge is 2.11. The Bertz CT molecular complexity index is 486. The molecule has 0 spiro atoms. The third-order valence-electron chi connectivity index (χ3n) is 2.33. The van der Waals surface area contributed by atoms with E-state index in [1.807, 2.05) is 37.3 Å². The number of thioether (sulfide) groups is 1. The topological polar surface area (TPSA) is 70.7 Å². The number of nitrogens with one attached hydrogen (secondary N) is 2. The van der Waals surface area contributed by atoms with Crippen LogP contribution in [0.5, 0.6) is 0 Å². The Morgan fingerprint density at radius 1 is 1.44 bits per heavy atom. The largest absolute Gasteiger partial charge is 0.346 e. The molecule has 1 aromatic heterocycles. The first-order valence-corrected chi connectivity index (χ1v) is 6.57. The summed E-state index contributed by atoms with van der Waals surface area (Å²) in [5.41, 5.74) is 0. The van der Waals surface area contributed by atoms with Gasteiger partial charge in [-0.25, -0.2) is 4.98 Å². The van der Waals surface area contributed by atoms with Gasteiger partial charge in [0.2, 0.25) is 5.91 Å². The molecule has 5 nitrogen and oxygen atoms in total. The van der Waals surface area contributed by atoms with E-state index in [-0.39, 0.29) is 11.9 Å². The number of rotatable bonds is 5. The number of hydrogen-bond acceptors (Lipinski definition) is 4. The molecule has 0 saturated heterocycles. The van der Waals surface area contributed by atoms with E-state index in [4.69, 9.17) is 0 Å². The quantitative estimate of drug-likeness (QED) is 0.806. The highest BCUT2D eigenvalue weighted by atomic mass is 32.2. The number of aromatic amines is 1. The van der Waals surface area contributed by atoms with Crippen LogP contribution < -0.4 is 5.32 Å². The lowest BCUT2D eigenvalue weighted by Crippen LogP contribution is -2.28. The molecule has 0 aliphatic carbocycles. The molecule has 0 aliphatic heterocycles. The van der Waals surface area contributed by atoms with Gasteiger partial charge in [-0.15, -0.1) is 11.8 Å². The van der Waals surface area contributed by atoms with Gasteiger partial charge in [-0.1, -0.05) is 18.2 Å². The molecule has 0 aliphatic rings. The summed E-state index contributed by atoms with van der Waals surface area (Å²) in [5, 5.41) is 9.34. The number of benzene rings is 1. The van der Waals surface area contributed by atoms with Crippen LogP contribution in [0.1, 0.15) is 18.8 Å². The van der Waals surface area contributed by atoms with Gasteiger partial charge in [-0.3, -0.25) is 9.89 Å². The van der Waals surface area contributed by atoms with Crippen LogP contribution >= 0.6 is 11.8 Å². The van der Waals surface area contributed by atoms with Crippen LogP contribution in [0.15, 0.2) is 41.6 Å². The van der Waals surface area contributed by atoms with Gasteiger partial charge in [0.15, 0.2) is 0 Å². The first-order chi connectivity index (χ1) is 8.75. The normalized spacial score (nSPS) is 12.1. The lowest BCUT2D eigenvalue weighted by Gasteiger charge is -2.10. The van der Waals surface area contributed by atoms with Crippen molar-refractivity contribution in [1.82, 2.24) is 20.5 Å². The van der Waals surface area contributed by atoms with Crippen LogP contribution in [0, 0.1) is 0 Å². The monoisotopic (exact) mass is 262 g/mol. The van der Waals surface area contributed by atoms with Crippen LogP contribution in [-0.4, -0.2) is 26.8 Å². The predicted molar refractivity (Wildman–Crippen MR) is 70.1 cm³/mol. The fraction of sp³-hybridized carbons (Fsp3) is 0.250. The van der Waals surface area contributed by atoms with E-state index in [2.05, 4.69) is 20.5 Å². The van der Waals surface area contributed by atoms with E-state index >= 15 is 0 Å². The van der Waals surface area contributed by atoms with Gasteiger partial charge in [0, 0.05) is 4.90 Å². The van der Waals surface area contributed by atoms with Crippen molar-refractivity contribution < 1.29 is 4.79 Å². The molecule has 2 aromatic rings. The zero-order chi connectivity index (χ0) is 12.8. The number of H-pyrrole nitrogens is 1. The third kappa shape index (κ3) is 3.59. The fourth-order valence-corrected chi connectivity index (χ4v) is 2.17. The van der Waals surface area contributed by atoms with Crippen LogP contribution in [-0.2, 0) is 4.79 Å². The van der Waals surface area contributed by atoms with Crippen molar-refractivity contribution in [3.05, 3.63) is 42.5 Å². The van der Waals surface area contributed by atoms with Crippen molar-refractivity contribution in [2.75, 3.05) is 5.75 Å². The maximum Gasteiger partial charge on any atom is 0.230 e. The Morgan fingerprint density at radius 3 is 2.89 bits per heavy atom. The summed E-state index contributed by atoms with van der Waals surface area (Å²) >= 11 is 1.51. The summed E-state index contributed by atoms with van der Waals surface area (Å²) in [5.74, 6) is 1.03. The van der Waals surface area contributed by atoms with Crippen molar-refractivity contribution >= 4 is 17.7 Å². The van der Waals surface area contributed by atoms with E-state index in [9.17, 15) is 4.79 Å². The number of amides is 1. The van der Waals surface area contributed by atoms with E-state index in [1.54, 1.807) is 0 Å². The number of aromatic nitrogens is 3. The SMILES string of the molecule is CC(NC(=O)CSc1ccccc1)c1ncn[nH]1. The second kappa shape index (κ2) is 6.20. The third-order valence-corrected chi connectivity index (χ3v) is 3.35. The minimum absolute atomic E-state index is 0.0206. The molecule has 0 bridgehead atoms. The highest BCUT2D eigenvalue weighted by Crippen LogP contribution is 2.16. The van der Waals surface area contributed by atoms with Crippen molar-refractivity contribution in [3.63, 3.8) is 0 Å². The molecule has 94 valence electrons. The van der Waals surface area contributed by atoms with Crippen molar-refractivity contribution in [2.45, 2.75) is 17.9 Å². The second-order valence-electron chi connectivity index (χ2n) is 3.76. The Kier molecular flexibility index (Phi) is 4.35. The maximum absolute atomic E-state index is 11.7. The van der Waals surface area contributed by atoms with Gasteiger partial charge >= 0.3 is 0 Å². The lowest BCUT2D eigenvalue weighted by molar-refractivity contribution is -0.119. The van der Waals surface area contributed by atoms with Gasteiger partial charge in [-0.2, -0.15) is 5.10 Å². The zero-order valence-electron chi connectivity index (χ0n) is 9.96. The molecule has 2 rings (SSSR count). The Morgan fingerprint density at radius 2 is 2.22 bits per heavy atom. The van der Waals surface area contributed by atoms with E-state index in [0.717, 1.165) is 4.90 Å². The molecule has 1 heterocycles. The predicted octanol–water partition coefficient (Wildman–Crippen LogP) is 1.77. The van der Waals surface area contributed by atoms with E-state index < -0.39 is 0 Å². The molecule has 2 N–H and O–H groups in total. The van der Waals surface area contributed by atoms with E-state index in [1.165, 1.54) is 18.1 Å². The summed E-state index contributed by atoms with van der Waals surface area (Å²) in [6, 6.07) is 9.68. The molecular formula is C12H14N4OS. The summed E-state index contributed by atoms with van der Waals surface area (Å²) in [4.78, 5) is 16.8. The summed E-state index contributed by atoms with van der Waals surface area (Å²) in [6.45, 7) is 1.87. The van der Waals surface area contributed by atoms with Crippen molar-refractivity contribution in [1.29, 1.82) is 0 Å². The average Bonchev–Trinajstić information content (AvgIpc) is 2.91. The number of carbonyl (C=O) groups is 1. The van der Waals surface area contributed by atoms with Crippen LogP contribution in [0.4, 0.5) is 0 Å². The second-order valence-corrected chi connectivity index (χ2v) is 4.81. The van der Waals surface area contributed by atoms with Gasteiger partial charge in [-0.05, 0) is 19.1 Å². The zero-order valence-corrected chi connectivity index (χ0v) is 10.8. The van der Waals surface area contributed by atoms with E-state index in [0.29, 0.717) is 11.6 Å². The van der Waals surface area contributed by atoms with Crippen molar-refractivity contribution in [2.24, 2.45) is 0 Å². The molecule has 1 amide bonds. The summed E-state index contributed by atoms with van der Waals surface area (Å²) < 4.78 is 0. The number of nitrogens with zero attached hydrogens (tertiary/aromatic N) is 2. The Balaban J connectivity index is 1.79. The molecular weight excluding hydrogens is 248 g/mol. The van der Waals surface area contributed by atoms with Crippen LogP contribution in [0.25, 0.3) is 0 Å². The highest BCUT2D eigenvalue weighted by molar-refractivity contribution is 8.00. The first-order valence-electron chi connectivity index (χ1n) is 5.58. The van der Waals surface area contributed by atoms with Gasteiger partial charge in [0.1, 0.15) is 12.2 Å². The smallest absolute Gasteiger partial charge is 0.230 e. The first kappa shape index (κ1) is 12.6. The Labute approximate surface area is 109 Å². The number of carbonyl (C=O) groups excluding carboxylic acids is 1. The van der Waals surface area contributed by atoms with Crippen molar-refractivity contribution in [3.8, 4) is 0 Å². The van der Waals surface area contributed by atoms with Gasteiger partial charge in [0.05, 0.1) is 11.8 Å². The fourth-order valence-electron chi connectivity index (χ4n) is 1.44. The maximum atomic E-state index is 11.7. The minimum Gasteiger partial charge on any atom is -0.346 e. The molecule has 1 aromatic carbocycles. The van der Waals surface area contributed by atoms with Crippen LogP contribution in [0.2, 0.25) is 0 Å². The molecule has 6 heteroatoms. The minimum atomic E-state index is -0.156. The number of hydrogen-bond donors (Lipinski definition) is 2. The van der Waals surface area contributed by atoms with Gasteiger partial charge < -0.3 is 5.32 Å². The molecule has 1 atom stereocenters. The molecule has 0 saturated carbocycles.